The number of hydrogen-bond acceptors (Lipinski definition) is 5. The molecule has 0 saturated heterocycles. The van der Waals surface area contributed by atoms with Gasteiger partial charge in [0.1, 0.15) is 0 Å². The number of rotatable bonds is 4. The average Bonchev–Trinajstić information content (AvgIpc) is 3.11. The minimum Gasteiger partial charge on any atom is -0.449 e. The molecule has 9 rings (SSSR count). The van der Waals surface area contributed by atoms with Gasteiger partial charge in [-0.15, -0.1) is 0 Å². The highest BCUT2D eigenvalue weighted by Gasteiger charge is 2.56. The first kappa shape index (κ1) is 29.0. The molecule has 0 aliphatic carbocycles. The Morgan fingerprint density at radius 3 is 1.25 bits per heavy atom. The molecule has 0 amide bonds. The van der Waals surface area contributed by atoms with Gasteiger partial charge in [-0.1, -0.05) is 66.7 Å². The van der Waals surface area contributed by atoms with Gasteiger partial charge in [-0.05, 0) is 107 Å². The maximum atomic E-state index is 6.61. The molecule has 0 saturated carbocycles. The van der Waals surface area contributed by atoms with Crippen LogP contribution in [0.25, 0.3) is 44.5 Å². The van der Waals surface area contributed by atoms with Gasteiger partial charge >= 0.3 is 0 Å². The molecule has 2 aromatic heterocycles. The first-order valence-corrected chi connectivity index (χ1v) is 18.8. The van der Waals surface area contributed by atoms with Crippen molar-refractivity contribution < 1.29 is 9.47 Å². The number of fused-ring (bicyclic) bond motifs is 4. The van der Waals surface area contributed by atoms with Gasteiger partial charge in [0.2, 0.25) is 5.30 Å². The van der Waals surface area contributed by atoms with Gasteiger partial charge < -0.3 is 9.47 Å². The highest BCUT2D eigenvalue weighted by Crippen LogP contribution is 2.70. The van der Waals surface area contributed by atoms with Gasteiger partial charge in [-0.2, -0.15) is 0 Å². The second-order valence-corrected chi connectivity index (χ2v) is 16.9. The molecule has 0 radical (unpaired) electrons. The van der Waals surface area contributed by atoms with Crippen molar-refractivity contribution in [2.45, 2.75) is 13.8 Å². The van der Waals surface area contributed by atoms with Crippen LogP contribution in [0.4, 0.5) is 0 Å². The molecule has 5 aromatic carbocycles. The van der Waals surface area contributed by atoms with Crippen LogP contribution < -0.4 is 25.4 Å². The summed E-state index contributed by atoms with van der Waals surface area (Å²) in [5.41, 5.74) is 11.2. The number of aryl methyl sites for hydroxylation is 2. The monoisotopic (exact) mass is 657 g/mol. The SMILES string of the molecule is Cc1cncc(-c2ccc(-c3ccc4c(c3)Oc3cccc5c3[P+]4(S)c3ccc(-c4ccc(-c6cncc(C)c6)cc4)cc3O5)cc2)c1. The summed E-state index contributed by atoms with van der Waals surface area (Å²) in [5, 5.41) is 3.25. The molecule has 2 aliphatic rings. The van der Waals surface area contributed by atoms with Gasteiger partial charge in [0.15, 0.2) is 40.1 Å². The minimum atomic E-state index is -2.36. The van der Waals surface area contributed by atoms with Gasteiger partial charge in [-0.3, -0.25) is 9.97 Å². The van der Waals surface area contributed by atoms with E-state index in [0.717, 1.165) is 94.5 Å². The van der Waals surface area contributed by atoms with E-state index in [1.54, 1.807) is 0 Å². The molecule has 0 atom stereocenters. The molecular weight excluding hydrogens is 628 g/mol. The third-order valence-corrected chi connectivity index (χ3v) is 14.3. The molecule has 2 aliphatic heterocycles. The maximum Gasteiger partial charge on any atom is 0.200 e. The lowest BCUT2D eigenvalue weighted by Gasteiger charge is -2.34. The summed E-state index contributed by atoms with van der Waals surface area (Å²) in [5.74, 6) is 3.29. The zero-order valence-electron chi connectivity index (χ0n) is 26.4. The largest absolute Gasteiger partial charge is 0.449 e. The summed E-state index contributed by atoms with van der Waals surface area (Å²) in [6.45, 7) is 1.77. The summed E-state index contributed by atoms with van der Waals surface area (Å²) in [6.07, 6.45) is 7.57. The van der Waals surface area contributed by atoms with E-state index in [1.807, 2.05) is 43.0 Å². The summed E-state index contributed by atoms with van der Waals surface area (Å²) in [4.78, 5) is 8.72. The molecule has 48 heavy (non-hydrogen) atoms. The van der Waals surface area contributed by atoms with Crippen LogP contribution in [-0.2, 0) is 0 Å². The number of benzene rings is 5. The Labute approximate surface area is 285 Å². The third-order valence-electron chi connectivity index (χ3n) is 9.20. The quantitative estimate of drug-likeness (QED) is 0.151. The molecular formula is C42H30N2O2PS+. The predicted molar refractivity (Wildman–Crippen MR) is 201 cm³/mol. The van der Waals surface area contributed by atoms with E-state index >= 15 is 0 Å². The van der Waals surface area contributed by atoms with Crippen molar-refractivity contribution in [3.05, 3.63) is 151 Å². The first-order chi connectivity index (χ1) is 23.4. The van der Waals surface area contributed by atoms with Crippen LogP contribution in [0.1, 0.15) is 11.1 Å². The number of pyridine rings is 2. The van der Waals surface area contributed by atoms with Crippen molar-refractivity contribution in [1.82, 2.24) is 9.97 Å². The van der Waals surface area contributed by atoms with E-state index in [9.17, 15) is 0 Å². The fraction of sp³-hybridized carbons (Fsp3) is 0.0476. The van der Waals surface area contributed by atoms with E-state index in [0.29, 0.717) is 0 Å². The van der Waals surface area contributed by atoms with Crippen molar-refractivity contribution in [1.29, 1.82) is 0 Å². The second-order valence-electron chi connectivity index (χ2n) is 12.5. The predicted octanol–water partition coefficient (Wildman–Crippen LogP) is 10.1. The topological polar surface area (TPSA) is 44.2 Å². The second kappa shape index (κ2) is 11.2. The zero-order valence-corrected chi connectivity index (χ0v) is 28.2. The molecule has 7 aromatic rings. The Hall–Kier alpha value is -5.22. The van der Waals surface area contributed by atoms with Crippen LogP contribution in [0.3, 0.4) is 0 Å². The maximum absolute atomic E-state index is 6.61. The molecule has 6 heteroatoms. The van der Waals surface area contributed by atoms with Gasteiger partial charge in [0.05, 0.1) is 0 Å². The summed E-state index contributed by atoms with van der Waals surface area (Å²) >= 11 is 5.62. The van der Waals surface area contributed by atoms with Crippen LogP contribution in [0.2, 0.25) is 0 Å². The van der Waals surface area contributed by atoms with Crippen molar-refractivity contribution in [3.8, 4) is 67.5 Å². The van der Waals surface area contributed by atoms with E-state index in [2.05, 4.69) is 121 Å². The normalized spacial score (nSPS) is 13.4. The smallest absolute Gasteiger partial charge is 0.200 e. The number of nitrogens with zero attached hydrogens (tertiary/aromatic N) is 2. The number of aromatic nitrogens is 2. The molecule has 4 nitrogen and oxygen atoms in total. The lowest BCUT2D eigenvalue weighted by atomic mass is 10.0. The Bertz CT molecular complexity index is 2230. The number of ether oxygens (including phenoxy) is 2. The summed E-state index contributed by atoms with van der Waals surface area (Å²) in [7, 11) is 0. The molecule has 230 valence electrons. The molecule has 0 spiro atoms. The van der Waals surface area contributed by atoms with Gasteiger partial charge in [0, 0.05) is 48.2 Å². The van der Waals surface area contributed by atoms with Crippen molar-refractivity contribution in [2.24, 2.45) is 0 Å². The summed E-state index contributed by atoms with van der Waals surface area (Å²) in [6, 6.07) is 40.7. The fourth-order valence-corrected chi connectivity index (χ4v) is 11.5. The lowest BCUT2D eigenvalue weighted by molar-refractivity contribution is 0.466. The molecule has 0 bridgehead atoms. The Morgan fingerprint density at radius 2 is 0.833 bits per heavy atom. The van der Waals surface area contributed by atoms with E-state index < -0.39 is 6.46 Å². The first-order valence-electron chi connectivity index (χ1n) is 15.9. The van der Waals surface area contributed by atoms with Crippen LogP contribution in [0.15, 0.2) is 140 Å². The van der Waals surface area contributed by atoms with Crippen molar-refractivity contribution in [3.63, 3.8) is 0 Å². The van der Waals surface area contributed by atoms with Gasteiger partial charge in [-0.25, -0.2) is 0 Å². The van der Waals surface area contributed by atoms with Crippen LogP contribution in [0.5, 0.6) is 23.0 Å². The molecule has 0 fully saturated rings. The fourth-order valence-electron chi connectivity index (χ4n) is 6.81. The molecule has 4 heterocycles. The van der Waals surface area contributed by atoms with Crippen LogP contribution >= 0.6 is 18.7 Å². The number of hydrogen-bond donors (Lipinski definition) is 1. The highest BCUT2D eigenvalue weighted by molar-refractivity contribution is 8.61. The zero-order chi connectivity index (χ0) is 32.4. The van der Waals surface area contributed by atoms with E-state index in [-0.39, 0.29) is 0 Å². The Kier molecular flexibility index (Phi) is 6.75. The highest BCUT2D eigenvalue weighted by atomic mass is 32.7. The standard InChI is InChI=1S/C42H30N2O2PS/c1-26-18-34(24-43-22-26)30-10-6-28(7-11-30)32-14-16-40-38(20-32)45-36-4-3-5-37-42(36)47(40,48)41-17-15-33(21-39(41)46-37)29-8-12-31(13-9-29)35-19-27(2)23-44-25-35/h3-25,48H,1-2H3/q+1. The molecule has 0 unspecified atom stereocenters. The average molecular weight is 658 g/mol. The van der Waals surface area contributed by atoms with Crippen LogP contribution in [-0.4, -0.2) is 9.97 Å². The lowest BCUT2D eigenvalue weighted by Crippen LogP contribution is -2.36. The van der Waals surface area contributed by atoms with Crippen molar-refractivity contribution in [2.75, 3.05) is 0 Å². The third kappa shape index (κ3) is 4.73. The minimum absolute atomic E-state index is 0.804. The van der Waals surface area contributed by atoms with Crippen molar-refractivity contribution >= 4 is 34.6 Å². The van der Waals surface area contributed by atoms with Crippen LogP contribution in [0, 0.1) is 13.8 Å². The summed E-state index contributed by atoms with van der Waals surface area (Å²) < 4.78 is 13.2. The van der Waals surface area contributed by atoms with E-state index in [1.165, 1.54) is 0 Å². The number of thiol groups is 1. The van der Waals surface area contributed by atoms with E-state index in [4.69, 9.17) is 21.7 Å². The Balaban J connectivity index is 1.09. The molecule has 0 N–H and O–H groups in total. The van der Waals surface area contributed by atoms with Gasteiger partial charge in [0.25, 0.3) is 0 Å². The Morgan fingerprint density at radius 1 is 0.438 bits per heavy atom.